The van der Waals surface area contributed by atoms with E-state index in [4.69, 9.17) is 0 Å². The Balaban J connectivity index is 1.46. The number of hydrogen-bond donors (Lipinski definition) is 1. The average molecular weight is 374 g/mol. The molecule has 5 nitrogen and oxygen atoms in total. The molecule has 0 aliphatic rings. The molecule has 4 rings (SSSR count). The van der Waals surface area contributed by atoms with Gasteiger partial charge in [-0.3, -0.25) is 4.79 Å². The van der Waals surface area contributed by atoms with Crippen LogP contribution in [0.5, 0.6) is 0 Å². The number of carbonyl (C=O) groups is 1. The fourth-order valence-electron chi connectivity index (χ4n) is 2.74. The van der Waals surface area contributed by atoms with Crippen molar-refractivity contribution in [3.63, 3.8) is 0 Å². The van der Waals surface area contributed by atoms with Crippen molar-refractivity contribution in [3.05, 3.63) is 89.2 Å². The van der Waals surface area contributed by atoms with Crippen LogP contribution < -0.4 is 5.32 Å². The Morgan fingerprint density at radius 1 is 1.11 bits per heavy atom. The molecule has 0 aliphatic carbocycles. The highest BCUT2D eigenvalue weighted by Crippen LogP contribution is 2.24. The number of thiazole rings is 1. The van der Waals surface area contributed by atoms with Gasteiger partial charge >= 0.3 is 0 Å². The zero-order valence-electron chi connectivity index (χ0n) is 14.8. The van der Waals surface area contributed by atoms with Gasteiger partial charge in [0.1, 0.15) is 10.7 Å². The van der Waals surface area contributed by atoms with Gasteiger partial charge < -0.3 is 5.32 Å². The molecule has 2 heterocycles. The van der Waals surface area contributed by atoms with E-state index >= 15 is 0 Å². The van der Waals surface area contributed by atoms with E-state index in [1.165, 1.54) is 11.3 Å². The Hall–Kier alpha value is -3.25. The van der Waals surface area contributed by atoms with Crippen LogP contribution >= 0.6 is 11.3 Å². The largest absolute Gasteiger partial charge is 0.347 e. The third kappa shape index (κ3) is 3.80. The van der Waals surface area contributed by atoms with E-state index in [-0.39, 0.29) is 5.91 Å². The third-order valence-corrected chi connectivity index (χ3v) is 5.18. The molecule has 0 unspecified atom stereocenters. The molecule has 0 atom stereocenters. The molecule has 6 heteroatoms. The number of carbonyl (C=O) groups excluding carboxylic acids is 1. The second-order valence-corrected chi connectivity index (χ2v) is 7.01. The predicted octanol–water partition coefficient (Wildman–Crippen LogP) is 4.23. The number of nitrogens with one attached hydrogen (secondary N) is 1. The molecule has 0 saturated carbocycles. The zero-order chi connectivity index (χ0) is 18.6. The van der Waals surface area contributed by atoms with Gasteiger partial charge in [0.25, 0.3) is 5.91 Å². The van der Waals surface area contributed by atoms with E-state index in [0.717, 1.165) is 27.4 Å². The van der Waals surface area contributed by atoms with Crippen LogP contribution in [0.3, 0.4) is 0 Å². The second kappa shape index (κ2) is 7.55. The summed E-state index contributed by atoms with van der Waals surface area (Å²) in [6, 6.07) is 17.9. The summed E-state index contributed by atoms with van der Waals surface area (Å²) in [7, 11) is 0. The van der Waals surface area contributed by atoms with E-state index < -0.39 is 0 Å². The maximum absolute atomic E-state index is 12.4. The lowest BCUT2D eigenvalue weighted by Gasteiger charge is -2.06. The van der Waals surface area contributed by atoms with Crippen LogP contribution in [-0.2, 0) is 6.54 Å². The summed E-state index contributed by atoms with van der Waals surface area (Å²) in [5.41, 5.74) is 4.56. The molecular weight excluding hydrogens is 356 g/mol. The molecule has 1 amide bonds. The van der Waals surface area contributed by atoms with Crippen LogP contribution in [0.4, 0.5) is 0 Å². The van der Waals surface area contributed by atoms with E-state index in [2.05, 4.69) is 15.4 Å². The summed E-state index contributed by atoms with van der Waals surface area (Å²) in [6.45, 7) is 2.52. The first kappa shape index (κ1) is 17.2. The van der Waals surface area contributed by atoms with E-state index in [9.17, 15) is 4.79 Å². The minimum Gasteiger partial charge on any atom is -0.347 e. The van der Waals surface area contributed by atoms with Crippen LogP contribution in [0.2, 0.25) is 0 Å². The molecule has 0 saturated heterocycles. The Morgan fingerprint density at radius 3 is 2.70 bits per heavy atom. The highest BCUT2D eigenvalue weighted by molar-refractivity contribution is 7.13. The van der Waals surface area contributed by atoms with Crippen LogP contribution in [-0.4, -0.2) is 20.7 Å². The van der Waals surface area contributed by atoms with Crippen molar-refractivity contribution < 1.29 is 4.79 Å². The Bertz CT molecular complexity index is 1070. The first-order valence-corrected chi connectivity index (χ1v) is 9.47. The molecule has 2 aromatic carbocycles. The number of rotatable bonds is 5. The lowest BCUT2D eigenvalue weighted by Crippen LogP contribution is -2.23. The monoisotopic (exact) mass is 374 g/mol. The summed E-state index contributed by atoms with van der Waals surface area (Å²) in [5.74, 6) is -0.170. The van der Waals surface area contributed by atoms with Crippen molar-refractivity contribution in [1.29, 1.82) is 0 Å². The van der Waals surface area contributed by atoms with Gasteiger partial charge in [-0.2, -0.15) is 5.10 Å². The van der Waals surface area contributed by atoms with Crippen molar-refractivity contribution in [2.45, 2.75) is 13.5 Å². The Morgan fingerprint density at radius 2 is 1.89 bits per heavy atom. The van der Waals surface area contributed by atoms with Gasteiger partial charge in [-0.15, -0.1) is 11.3 Å². The molecule has 0 fully saturated rings. The number of aryl methyl sites for hydroxylation is 1. The summed E-state index contributed by atoms with van der Waals surface area (Å²) >= 11 is 1.44. The van der Waals surface area contributed by atoms with Crippen molar-refractivity contribution in [3.8, 4) is 16.3 Å². The number of benzene rings is 2. The molecule has 27 heavy (non-hydrogen) atoms. The Labute approximate surface area is 161 Å². The minimum absolute atomic E-state index is 0.170. The first-order chi connectivity index (χ1) is 13.2. The smallest absolute Gasteiger partial charge is 0.271 e. The van der Waals surface area contributed by atoms with Crippen molar-refractivity contribution in [2.24, 2.45) is 0 Å². The highest BCUT2D eigenvalue weighted by atomic mass is 32.1. The predicted molar refractivity (Wildman–Crippen MR) is 107 cm³/mol. The van der Waals surface area contributed by atoms with E-state index in [1.54, 1.807) is 16.3 Å². The van der Waals surface area contributed by atoms with Crippen molar-refractivity contribution >= 4 is 17.2 Å². The fourth-order valence-corrected chi connectivity index (χ4v) is 3.52. The van der Waals surface area contributed by atoms with Gasteiger partial charge in [-0.05, 0) is 30.2 Å². The first-order valence-electron chi connectivity index (χ1n) is 8.59. The zero-order valence-corrected chi connectivity index (χ0v) is 15.6. The molecule has 4 aromatic rings. The fraction of sp³-hybridized carbons (Fsp3) is 0.0952. The second-order valence-electron chi connectivity index (χ2n) is 6.16. The molecule has 1 N–H and O–H groups in total. The molecular formula is C21H18N4OS. The van der Waals surface area contributed by atoms with Gasteiger partial charge in [-0.25, -0.2) is 9.67 Å². The number of hydrogen-bond acceptors (Lipinski definition) is 4. The summed E-state index contributed by atoms with van der Waals surface area (Å²) in [4.78, 5) is 16.9. The van der Waals surface area contributed by atoms with Crippen molar-refractivity contribution in [2.75, 3.05) is 0 Å². The molecule has 0 aliphatic heterocycles. The standard InChI is InChI=1S/C21H18N4OS/c1-15-7-5-6-8-16(15)11-22-20(26)19-14-27-21(24-19)17-12-23-25(13-17)18-9-3-2-4-10-18/h2-10,12-14H,11H2,1H3,(H,22,26). The van der Waals surface area contributed by atoms with E-state index in [1.807, 2.05) is 67.7 Å². The average Bonchev–Trinajstić information content (AvgIpc) is 3.37. The molecule has 134 valence electrons. The normalized spacial score (nSPS) is 10.7. The topological polar surface area (TPSA) is 59.8 Å². The summed E-state index contributed by atoms with van der Waals surface area (Å²) in [5, 5.41) is 9.88. The van der Waals surface area contributed by atoms with Gasteiger partial charge in [-0.1, -0.05) is 42.5 Å². The lowest BCUT2D eigenvalue weighted by molar-refractivity contribution is 0.0946. The quantitative estimate of drug-likeness (QED) is 0.569. The molecule has 0 bridgehead atoms. The maximum Gasteiger partial charge on any atom is 0.271 e. The summed E-state index contributed by atoms with van der Waals surface area (Å²) in [6.07, 6.45) is 3.68. The van der Waals surface area contributed by atoms with Crippen LogP contribution in [0.25, 0.3) is 16.3 Å². The lowest BCUT2D eigenvalue weighted by atomic mass is 10.1. The van der Waals surface area contributed by atoms with Crippen LogP contribution in [0.1, 0.15) is 21.6 Å². The third-order valence-electron chi connectivity index (χ3n) is 4.29. The van der Waals surface area contributed by atoms with Gasteiger partial charge in [0.15, 0.2) is 0 Å². The highest BCUT2D eigenvalue weighted by Gasteiger charge is 2.13. The minimum atomic E-state index is -0.170. The number of amides is 1. The van der Waals surface area contributed by atoms with Gasteiger partial charge in [0.2, 0.25) is 0 Å². The maximum atomic E-state index is 12.4. The molecule has 2 aromatic heterocycles. The molecule has 0 spiro atoms. The number of aromatic nitrogens is 3. The summed E-state index contributed by atoms with van der Waals surface area (Å²) < 4.78 is 1.80. The van der Waals surface area contributed by atoms with Crippen LogP contribution in [0.15, 0.2) is 72.4 Å². The van der Waals surface area contributed by atoms with Gasteiger partial charge in [0.05, 0.1) is 11.9 Å². The van der Waals surface area contributed by atoms with Gasteiger partial charge in [0, 0.05) is 23.7 Å². The SMILES string of the molecule is Cc1ccccc1CNC(=O)c1csc(-c2cnn(-c3ccccc3)c2)n1. The molecule has 0 radical (unpaired) electrons. The van der Waals surface area contributed by atoms with E-state index in [0.29, 0.717) is 12.2 Å². The van der Waals surface area contributed by atoms with Crippen LogP contribution in [0, 0.1) is 6.92 Å². The Kier molecular flexibility index (Phi) is 4.80. The number of nitrogens with zero attached hydrogens (tertiary/aromatic N) is 3. The number of para-hydroxylation sites is 1. The van der Waals surface area contributed by atoms with Crippen molar-refractivity contribution in [1.82, 2.24) is 20.1 Å².